The number of benzene rings is 2. The van der Waals surface area contributed by atoms with E-state index in [1.54, 1.807) is 0 Å². The highest BCUT2D eigenvalue weighted by atomic mass is 16.5. The zero-order valence-electron chi connectivity index (χ0n) is 15.9. The second-order valence-electron chi connectivity index (χ2n) is 6.72. The number of rotatable bonds is 7. The normalized spacial score (nSPS) is 13.2. The summed E-state index contributed by atoms with van der Waals surface area (Å²) in [6.45, 7) is 10.2. The molecule has 0 saturated carbocycles. The lowest BCUT2D eigenvalue weighted by atomic mass is 10.0. The minimum absolute atomic E-state index is 0.00463. The van der Waals surface area contributed by atoms with Crippen LogP contribution in [0.4, 0.5) is 0 Å². The zero-order valence-corrected chi connectivity index (χ0v) is 15.9. The van der Waals surface area contributed by atoms with Gasteiger partial charge in [-0.05, 0) is 62.4 Å². The van der Waals surface area contributed by atoms with Crippen LogP contribution in [0.2, 0.25) is 0 Å². The Morgan fingerprint density at radius 3 is 2.04 bits per heavy atom. The summed E-state index contributed by atoms with van der Waals surface area (Å²) >= 11 is 0. The third-order valence-corrected chi connectivity index (χ3v) is 4.34. The molecule has 1 N–H and O–H groups in total. The second-order valence-corrected chi connectivity index (χ2v) is 6.72. The van der Waals surface area contributed by atoms with Gasteiger partial charge < -0.3 is 10.1 Å². The molecule has 2 aromatic carbocycles. The Bertz CT molecular complexity index is 686. The molecule has 3 heteroatoms. The van der Waals surface area contributed by atoms with E-state index in [1.165, 1.54) is 5.56 Å². The van der Waals surface area contributed by atoms with Crippen LogP contribution in [0.25, 0.3) is 0 Å². The minimum Gasteiger partial charge on any atom is -0.481 e. The maximum atomic E-state index is 12.7. The molecule has 0 aliphatic rings. The molecular weight excluding hydrogens is 310 g/mol. The molecule has 0 aromatic heterocycles. The van der Waals surface area contributed by atoms with E-state index in [9.17, 15) is 4.79 Å². The van der Waals surface area contributed by atoms with Gasteiger partial charge in [0.1, 0.15) is 5.75 Å². The molecular formula is C22H29NO2. The first-order valence-corrected chi connectivity index (χ1v) is 9.04. The fourth-order valence-electron chi connectivity index (χ4n) is 2.97. The van der Waals surface area contributed by atoms with Gasteiger partial charge in [0.25, 0.3) is 5.91 Å². The minimum atomic E-state index is -0.485. The Morgan fingerprint density at radius 1 is 0.920 bits per heavy atom. The van der Waals surface area contributed by atoms with Crippen molar-refractivity contribution in [2.45, 2.75) is 59.6 Å². The lowest BCUT2D eigenvalue weighted by molar-refractivity contribution is -0.128. The lowest BCUT2D eigenvalue weighted by Gasteiger charge is -2.23. The maximum Gasteiger partial charge on any atom is 0.261 e. The molecule has 2 aromatic rings. The third-order valence-electron chi connectivity index (χ3n) is 4.34. The van der Waals surface area contributed by atoms with Crippen LogP contribution in [0.5, 0.6) is 5.75 Å². The monoisotopic (exact) mass is 339 g/mol. The Labute approximate surface area is 151 Å². The first-order chi connectivity index (χ1) is 11.9. The molecule has 134 valence electrons. The van der Waals surface area contributed by atoms with Crippen LogP contribution >= 0.6 is 0 Å². The fourth-order valence-corrected chi connectivity index (χ4v) is 2.97. The molecule has 0 heterocycles. The first-order valence-electron chi connectivity index (χ1n) is 9.04. The maximum absolute atomic E-state index is 12.7. The van der Waals surface area contributed by atoms with E-state index in [4.69, 9.17) is 4.74 Å². The summed E-state index contributed by atoms with van der Waals surface area (Å²) in [7, 11) is 0. The first kappa shape index (κ1) is 19.0. The number of carbonyl (C=O) groups excluding carboxylic acids is 1. The van der Waals surface area contributed by atoms with E-state index in [-0.39, 0.29) is 11.9 Å². The van der Waals surface area contributed by atoms with Crippen molar-refractivity contribution in [1.82, 2.24) is 5.32 Å². The van der Waals surface area contributed by atoms with E-state index in [2.05, 4.69) is 49.5 Å². The number of amides is 1. The van der Waals surface area contributed by atoms with Gasteiger partial charge in [-0.3, -0.25) is 4.79 Å². The molecule has 1 amide bonds. The van der Waals surface area contributed by atoms with Gasteiger partial charge in [0.15, 0.2) is 6.10 Å². The largest absolute Gasteiger partial charge is 0.481 e. The number of ether oxygens (including phenoxy) is 1. The summed E-state index contributed by atoms with van der Waals surface area (Å²) < 4.78 is 5.98. The lowest BCUT2D eigenvalue weighted by Crippen LogP contribution is -2.40. The highest BCUT2D eigenvalue weighted by Crippen LogP contribution is 2.21. The van der Waals surface area contributed by atoms with Crippen molar-refractivity contribution in [3.63, 3.8) is 0 Å². The Kier molecular flexibility index (Phi) is 6.63. The van der Waals surface area contributed by atoms with Crippen LogP contribution in [-0.2, 0) is 4.79 Å². The molecule has 0 radical (unpaired) electrons. The molecule has 2 rings (SSSR count). The predicted molar refractivity (Wildman–Crippen MR) is 103 cm³/mol. The number of nitrogens with one attached hydrogen (secondary N) is 1. The van der Waals surface area contributed by atoms with Crippen molar-refractivity contribution in [2.75, 3.05) is 0 Å². The molecule has 2 unspecified atom stereocenters. The van der Waals surface area contributed by atoms with Crippen molar-refractivity contribution in [1.29, 1.82) is 0 Å². The van der Waals surface area contributed by atoms with Crippen LogP contribution in [-0.4, -0.2) is 12.0 Å². The molecule has 0 fully saturated rings. The molecule has 0 aliphatic carbocycles. The van der Waals surface area contributed by atoms with Crippen LogP contribution < -0.4 is 10.1 Å². The molecule has 25 heavy (non-hydrogen) atoms. The van der Waals surface area contributed by atoms with Gasteiger partial charge in [-0.2, -0.15) is 0 Å². The van der Waals surface area contributed by atoms with Crippen molar-refractivity contribution in [2.24, 2.45) is 0 Å². The van der Waals surface area contributed by atoms with Crippen molar-refractivity contribution >= 4 is 5.91 Å². The topological polar surface area (TPSA) is 38.3 Å². The average molecular weight is 339 g/mol. The summed E-state index contributed by atoms with van der Waals surface area (Å²) in [5.41, 5.74) is 4.62. The van der Waals surface area contributed by atoms with E-state index >= 15 is 0 Å². The Hall–Kier alpha value is -2.29. The van der Waals surface area contributed by atoms with Gasteiger partial charge in [0, 0.05) is 0 Å². The summed E-state index contributed by atoms with van der Waals surface area (Å²) in [6, 6.07) is 14.4. The summed E-state index contributed by atoms with van der Waals surface area (Å²) in [5.74, 6) is 0.692. The number of hydrogen-bond acceptors (Lipinski definition) is 2. The zero-order chi connectivity index (χ0) is 18.4. The van der Waals surface area contributed by atoms with Crippen molar-refractivity contribution < 1.29 is 9.53 Å². The van der Waals surface area contributed by atoms with Crippen molar-refractivity contribution in [3.8, 4) is 5.75 Å². The smallest absolute Gasteiger partial charge is 0.261 e. The highest BCUT2D eigenvalue weighted by Gasteiger charge is 2.22. The molecule has 0 bridgehead atoms. The summed E-state index contributed by atoms with van der Waals surface area (Å²) in [4.78, 5) is 12.7. The van der Waals surface area contributed by atoms with E-state index in [0.717, 1.165) is 28.9 Å². The van der Waals surface area contributed by atoms with Gasteiger partial charge in [0.05, 0.1) is 6.04 Å². The summed E-state index contributed by atoms with van der Waals surface area (Å²) in [6.07, 6.45) is 0.985. The molecule has 3 nitrogen and oxygen atoms in total. The molecule has 0 saturated heterocycles. The van der Waals surface area contributed by atoms with Crippen LogP contribution in [0.15, 0.2) is 42.5 Å². The Morgan fingerprint density at radius 2 is 1.52 bits per heavy atom. The van der Waals surface area contributed by atoms with Gasteiger partial charge in [-0.1, -0.05) is 49.7 Å². The molecule has 0 aliphatic heterocycles. The fraction of sp³-hybridized carbons (Fsp3) is 0.409. The van der Waals surface area contributed by atoms with Crippen LogP contribution in [0.1, 0.15) is 55.0 Å². The molecule has 2 atom stereocenters. The van der Waals surface area contributed by atoms with E-state index in [0.29, 0.717) is 6.42 Å². The summed E-state index contributed by atoms with van der Waals surface area (Å²) in [5, 5.41) is 3.14. The van der Waals surface area contributed by atoms with Crippen LogP contribution in [0.3, 0.4) is 0 Å². The number of aryl methyl sites for hydroxylation is 3. The average Bonchev–Trinajstić information content (AvgIpc) is 2.57. The van der Waals surface area contributed by atoms with Gasteiger partial charge in [-0.15, -0.1) is 0 Å². The Balaban J connectivity index is 2.08. The van der Waals surface area contributed by atoms with E-state index < -0.39 is 6.10 Å². The number of carbonyl (C=O) groups is 1. The SMILES string of the molecule is CCC(Oc1cc(C)cc(C)c1)C(=O)NC(CC)c1ccc(C)cc1. The quantitative estimate of drug-likeness (QED) is 0.768. The number of hydrogen-bond donors (Lipinski definition) is 1. The second kappa shape index (κ2) is 8.70. The van der Waals surface area contributed by atoms with Gasteiger partial charge in [0.2, 0.25) is 0 Å². The standard InChI is InChI=1S/C22H29NO2/c1-6-20(18-10-8-15(3)9-11-18)23-22(24)21(7-2)25-19-13-16(4)12-17(5)14-19/h8-14,20-21H,6-7H2,1-5H3,(H,23,24). The van der Waals surface area contributed by atoms with Crippen molar-refractivity contribution in [3.05, 3.63) is 64.7 Å². The predicted octanol–water partition coefficient (Wildman–Crippen LogP) is 5.04. The van der Waals surface area contributed by atoms with Gasteiger partial charge in [-0.25, -0.2) is 0 Å². The van der Waals surface area contributed by atoms with Crippen LogP contribution in [0, 0.1) is 20.8 Å². The highest BCUT2D eigenvalue weighted by molar-refractivity contribution is 5.81. The van der Waals surface area contributed by atoms with E-state index in [1.807, 2.05) is 32.9 Å². The van der Waals surface area contributed by atoms with Gasteiger partial charge >= 0.3 is 0 Å². The molecule has 0 spiro atoms. The third kappa shape index (κ3) is 5.35.